The SMILES string of the molecule is CCCNc1cnccc1C(=O)NCC(C)(C)CN(C)C. The van der Waals surface area contributed by atoms with Crippen LogP contribution in [0.2, 0.25) is 0 Å². The van der Waals surface area contributed by atoms with E-state index < -0.39 is 0 Å². The topological polar surface area (TPSA) is 57.3 Å². The first-order chi connectivity index (χ1) is 9.85. The van der Waals surface area contributed by atoms with Gasteiger partial charge in [0.25, 0.3) is 5.91 Å². The van der Waals surface area contributed by atoms with Crippen molar-refractivity contribution in [1.29, 1.82) is 0 Å². The smallest absolute Gasteiger partial charge is 0.253 e. The fourth-order valence-electron chi connectivity index (χ4n) is 2.32. The molecule has 0 aliphatic rings. The van der Waals surface area contributed by atoms with Gasteiger partial charge in [-0.3, -0.25) is 9.78 Å². The molecule has 0 unspecified atom stereocenters. The number of nitrogens with one attached hydrogen (secondary N) is 2. The molecule has 0 saturated carbocycles. The van der Waals surface area contributed by atoms with Crippen molar-refractivity contribution in [3.05, 3.63) is 24.0 Å². The summed E-state index contributed by atoms with van der Waals surface area (Å²) in [6, 6.07) is 1.76. The van der Waals surface area contributed by atoms with Gasteiger partial charge in [0.15, 0.2) is 0 Å². The number of pyridine rings is 1. The maximum Gasteiger partial charge on any atom is 0.253 e. The van der Waals surface area contributed by atoms with Crippen molar-refractivity contribution in [2.75, 3.05) is 39.0 Å². The maximum atomic E-state index is 12.4. The van der Waals surface area contributed by atoms with Crippen LogP contribution in [0, 0.1) is 5.41 Å². The number of aromatic nitrogens is 1. The molecule has 21 heavy (non-hydrogen) atoms. The third-order valence-corrected chi connectivity index (χ3v) is 3.10. The van der Waals surface area contributed by atoms with Gasteiger partial charge in [-0.2, -0.15) is 0 Å². The molecule has 0 spiro atoms. The van der Waals surface area contributed by atoms with Crippen LogP contribution in [-0.4, -0.2) is 49.5 Å². The normalized spacial score (nSPS) is 11.5. The Balaban J connectivity index is 2.67. The molecule has 1 amide bonds. The molecule has 118 valence electrons. The highest BCUT2D eigenvalue weighted by Crippen LogP contribution is 2.16. The Bertz CT molecular complexity index is 457. The highest BCUT2D eigenvalue weighted by atomic mass is 16.1. The summed E-state index contributed by atoms with van der Waals surface area (Å²) in [7, 11) is 4.08. The minimum atomic E-state index is -0.0529. The average molecular weight is 292 g/mol. The lowest BCUT2D eigenvalue weighted by Crippen LogP contribution is -2.40. The van der Waals surface area contributed by atoms with Crippen molar-refractivity contribution in [3.63, 3.8) is 0 Å². The highest BCUT2D eigenvalue weighted by molar-refractivity contribution is 5.99. The molecular formula is C16H28N4O. The number of nitrogens with zero attached hydrogens (tertiary/aromatic N) is 2. The zero-order valence-electron chi connectivity index (χ0n) is 13.9. The van der Waals surface area contributed by atoms with Crippen molar-refractivity contribution >= 4 is 11.6 Å². The van der Waals surface area contributed by atoms with Crippen LogP contribution >= 0.6 is 0 Å². The van der Waals surface area contributed by atoms with E-state index >= 15 is 0 Å². The fourth-order valence-corrected chi connectivity index (χ4v) is 2.32. The maximum absolute atomic E-state index is 12.4. The van der Waals surface area contributed by atoms with Gasteiger partial charge in [0.05, 0.1) is 17.4 Å². The quantitative estimate of drug-likeness (QED) is 0.771. The van der Waals surface area contributed by atoms with Crippen molar-refractivity contribution in [2.45, 2.75) is 27.2 Å². The number of amides is 1. The lowest BCUT2D eigenvalue weighted by atomic mass is 9.93. The van der Waals surface area contributed by atoms with Gasteiger partial charge in [-0.05, 0) is 32.0 Å². The van der Waals surface area contributed by atoms with Crippen molar-refractivity contribution in [2.24, 2.45) is 5.41 Å². The van der Waals surface area contributed by atoms with Gasteiger partial charge in [-0.1, -0.05) is 20.8 Å². The number of carbonyl (C=O) groups is 1. The van der Waals surface area contributed by atoms with Crippen LogP contribution in [0.4, 0.5) is 5.69 Å². The Morgan fingerprint density at radius 2 is 2.10 bits per heavy atom. The second-order valence-electron chi connectivity index (χ2n) is 6.43. The van der Waals surface area contributed by atoms with E-state index in [0.717, 1.165) is 25.2 Å². The molecule has 0 atom stereocenters. The number of hydrogen-bond acceptors (Lipinski definition) is 4. The predicted molar refractivity (Wildman–Crippen MR) is 87.7 cm³/mol. The summed E-state index contributed by atoms with van der Waals surface area (Å²) in [6.07, 6.45) is 4.36. The lowest BCUT2D eigenvalue weighted by molar-refractivity contribution is 0.0930. The van der Waals surface area contributed by atoms with E-state index in [1.165, 1.54) is 0 Å². The molecule has 0 radical (unpaired) electrons. The predicted octanol–water partition coefficient (Wildman–Crippen LogP) is 2.22. The summed E-state index contributed by atoms with van der Waals surface area (Å²) in [4.78, 5) is 18.6. The first kappa shape index (κ1) is 17.4. The van der Waals surface area contributed by atoms with E-state index in [1.807, 2.05) is 14.1 Å². The average Bonchev–Trinajstić information content (AvgIpc) is 2.41. The largest absolute Gasteiger partial charge is 0.383 e. The molecule has 0 bridgehead atoms. The summed E-state index contributed by atoms with van der Waals surface area (Å²) in [6.45, 7) is 8.78. The fraction of sp³-hybridized carbons (Fsp3) is 0.625. The molecule has 0 aromatic carbocycles. The van der Waals surface area contributed by atoms with E-state index in [0.29, 0.717) is 12.1 Å². The van der Waals surface area contributed by atoms with E-state index in [2.05, 4.69) is 41.3 Å². The first-order valence-corrected chi connectivity index (χ1v) is 7.46. The van der Waals surface area contributed by atoms with Crippen LogP contribution in [0.5, 0.6) is 0 Å². The van der Waals surface area contributed by atoms with E-state index in [-0.39, 0.29) is 11.3 Å². The monoisotopic (exact) mass is 292 g/mol. The Morgan fingerprint density at radius 3 is 2.71 bits per heavy atom. The second-order valence-corrected chi connectivity index (χ2v) is 6.43. The van der Waals surface area contributed by atoms with E-state index in [1.54, 1.807) is 18.5 Å². The Labute approximate surface area is 128 Å². The molecule has 1 aromatic heterocycles. The van der Waals surface area contributed by atoms with Crippen LogP contribution in [0.1, 0.15) is 37.6 Å². The highest BCUT2D eigenvalue weighted by Gasteiger charge is 2.21. The molecular weight excluding hydrogens is 264 g/mol. The van der Waals surface area contributed by atoms with Crippen LogP contribution in [0.25, 0.3) is 0 Å². The van der Waals surface area contributed by atoms with Crippen LogP contribution in [0.15, 0.2) is 18.5 Å². The van der Waals surface area contributed by atoms with Gasteiger partial charge in [-0.15, -0.1) is 0 Å². The van der Waals surface area contributed by atoms with Crippen molar-refractivity contribution < 1.29 is 4.79 Å². The standard InChI is InChI=1S/C16H28N4O/c1-6-8-18-14-10-17-9-7-13(14)15(21)19-11-16(2,3)12-20(4)5/h7,9-10,18H,6,8,11-12H2,1-5H3,(H,19,21). The van der Waals surface area contributed by atoms with Crippen LogP contribution < -0.4 is 10.6 Å². The molecule has 0 aliphatic carbocycles. The molecule has 1 aromatic rings. The summed E-state index contributed by atoms with van der Waals surface area (Å²) in [5.74, 6) is -0.0529. The third kappa shape index (κ3) is 6.12. The number of rotatable bonds is 8. The second kappa shape index (κ2) is 7.98. The molecule has 0 aliphatic heterocycles. The van der Waals surface area contributed by atoms with E-state index in [4.69, 9.17) is 0 Å². The van der Waals surface area contributed by atoms with Crippen molar-refractivity contribution in [1.82, 2.24) is 15.2 Å². The third-order valence-electron chi connectivity index (χ3n) is 3.10. The number of anilines is 1. The Hall–Kier alpha value is -1.62. The minimum absolute atomic E-state index is 0.0310. The first-order valence-electron chi connectivity index (χ1n) is 7.46. The molecule has 5 heteroatoms. The van der Waals surface area contributed by atoms with Crippen molar-refractivity contribution in [3.8, 4) is 0 Å². The lowest BCUT2D eigenvalue weighted by Gasteiger charge is -2.28. The zero-order valence-corrected chi connectivity index (χ0v) is 13.9. The summed E-state index contributed by atoms with van der Waals surface area (Å²) in [5, 5.41) is 6.27. The molecule has 1 heterocycles. The summed E-state index contributed by atoms with van der Waals surface area (Å²) in [5.41, 5.74) is 1.48. The Kier molecular flexibility index (Phi) is 6.62. The summed E-state index contributed by atoms with van der Waals surface area (Å²) < 4.78 is 0. The zero-order chi connectivity index (χ0) is 15.9. The summed E-state index contributed by atoms with van der Waals surface area (Å²) >= 11 is 0. The molecule has 1 rings (SSSR count). The molecule has 2 N–H and O–H groups in total. The number of carbonyl (C=O) groups excluding carboxylic acids is 1. The van der Waals surface area contributed by atoms with Crippen LogP contribution in [0.3, 0.4) is 0 Å². The van der Waals surface area contributed by atoms with Gasteiger partial charge < -0.3 is 15.5 Å². The minimum Gasteiger partial charge on any atom is -0.383 e. The van der Waals surface area contributed by atoms with Gasteiger partial charge in [-0.25, -0.2) is 0 Å². The van der Waals surface area contributed by atoms with Gasteiger partial charge in [0.1, 0.15) is 0 Å². The van der Waals surface area contributed by atoms with Crippen LogP contribution in [-0.2, 0) is 0 Å². The molecule has 0 fully saturated rings. The van der Waals surface area contributed by atoms with Gasteiger partial charge in [0.2, 0.25) is 0 Å². The Morgan fingerprint density at radius 1 is 1.38 bits per heavy atom. The number of hydrogen-bond donors (Lipinski definition) is 2. The van der Waals surface area contributed by atoms with E-state index in [9.17, 15) is 4.79 Å². The van der Waals surface area contributed by atoms with Gasteiger partial charge in [0, 0.05) is 25.8 Å². The van der Waals surface area contributed by atoms with Gasteiger partial charge >= 0.3 is 0 Å². The molecule has 0 saturated heterocycles. The molecule has 5 nitrogen and oxygen atoms in total.